The van der Waals surface area contributed by atoms with E-state index in [0.29, 0.717) is 35.7 Å². The SMILES string of the molecule is C[C@H]1C(=O)CC[C@@H]2[C@]1(C)CC[C@H]1[C@@]2(C)CC[C@@]2(CO)[C@@H]3CC(C)(C)C(=O)C[C@]3(C)CC[C@]12C. The first-order valence-corrected chi connectivity index (χ1v) is 13.9. The summed E-state index contributed by atoms with van der Waals surface area (Å²) in [6.45, 7) is 16.6. The molecule has 0 spiro atoms. The molecule has 5 aliphatic rings. The molecule has 0 radical (unpaired) electrons. The normalized spacial score (nSPS) is 55.8. The number of carbonyl (C=O) groups is 2. The summed E-state index contributed by atoms with van der Waals surface area (Å²) in [7, 11) is 0. The summed E-state index contributed by atoms with van der Waals surface area (Å²) in [5.74, 6) is 2.67. The van der Waals surface area contributed by atoms with Gasteiger partial charge in [0, 0.05) is 36.2 Å². The maximum atomic E-state index is 13.0. The highest BCUT2D eigenvalue weighted by atomic mass is 16.3. The van der Waals surface area contributed by atoms with Crippen LogP contribution in [-0.2, 0) is 9.59 Å². The van der Waals surface area contributed by atoms with Crippen molar-refractivity contribution in [2.75, 3.05) is 6.61 Å². The van der Waals surface area contributed by atoms with Gasteiger partial charge in [0.15, 0.2) is 0 Å². The van der Waals surface area contributed by atoms with Gasteiger partial charge in [0.05, 0.1) is 0 Å². The molecule has 3 nitrogen and oxygen atoms in total. The fourth-order valence-electron chi connectivity index (χ4n) is 11.2. The van der Waals surface area contributed by atoms with Crippen LogP contribution in [0.5, 0.6) is 0 Å². The number of fused-ring (bicyclic) bond motifs is 7. The van der Waals surface area contributed by atoms with Crippen LogP contribution in [-0.4, -0.2) is 23.3 Å². The van der Waals surface area contributed by atoms with Crippen molar-refractivity contribution in [3.05, 3.63) is 0 Å². The van der Waals surface area contributed by atoms with Crippen molar-refractivity contribution in [1.29, 1.82) is 0 Å². The summed E-state index contributed by atoms with van der Waals surface area (Å²) in [5, 5.41) is 11.2. The maximum Gasteiger partial charge on any atom is 0.139 e. The van der Waals surface area contributed by atoms with Crippen molar-refractivity contribution in [3.8, 4) is 0 Å². The highest BCUT2D eigenvalue weighted by Gasteiger charge is 2.72. The van der Waals surface area contributed by atoms with Gasteiger partial charge in [-0.05, 0) is 90.8 Å². The molecule has 1 N–H and O–H groups in total. The van der Waals surface area contributed by atoms with Crippen LogP contribution >= 0.6 is 0 Å². The summed E-state index contributed by atoms with van der Waals surface area (Å²) >= 11 is 0. The van der Waals surface area contributed by atoms with Gasteiger partial charge in [0.25, 0.3) is 0 Å². The number of hydrogen-bond donors (Lipinski definition) is 1. The van der Waals surface area contributed by atoms with Gasteiger partial charge in [-0.3, -0.25) is 9.59 Å². The minimum absolute atomic E-state index is 0.0253. The number of Topliss-reactive ketones (excluding diaryl/α,β-unsaturated/α-hetero) is 2. The second kappa shape index (κ2) is 6.95. The second-order valence-corrected chi connectivity index (χ2v) is 15.0. The monoisotopic (exact) mass is 456 g/mol. The number of ketones is 2. The van der Waals surface area contributed by atoms with Gasteiger partial charge in [-0.15, -0.1) is 0 Å². The predicted octanol–water partition coefficient (Wildman–Crippen LogP) is 6.61. The first-order chi connectivity index (χ1) is 15.2. The average molecular weight is 457 g/mol. The third-order valence-corrected chi connectivity index (χ3v) is 13.6. The van der Waals surface area contributed by atoms with Crippen molar-refractivity contribution in [3.63, 3.8) is 0 Å². The lowest BCUT2D eigenvalue weighted by Gasteiger charge is -2.74. The molecule has 0 saturated heterocycles. The average Bonchev–Trinajstić information content (AvgIpc) is 2.73. The van der Waals surface area contributed by atoms with Gasteiger partial charge in [-0.25, -0.2) is 0 Å². The number of aliphatic hydroxyl groups is 1. The summed E-state index contributed by atoms with van der Waals surface area (Å²) in [6.07, 6.45) is 10.2. The van der Waals surface area contributed by atoms with Crippen molar-refractivity contribution < 1.29 is 14.7 Å². The third kappa shape index (κ3) is 2.78. The Hall–Kier alpha value is -0.700. The van der Waals surface area contributed by atoms with Gasteiger partial charge in [0.2, 0.25) is 0 Å². The number of aliphatic hydroxyl groups excluding tert-OH is 1. The van der Waals surface area contributed by atoms with Crippen LogP contribution in [0.2, 0.25) is 0 Å². The van der Waals surface area contributed by atoms with Gasteiger partial charge >= 0.3 is 0 Å². The summed E-state index contributed by atoms with van der Waals surface area (Å²) < 4.78 is 0. The molecule has 0 bridgehead atoms. The number of hydrogen-bond acceptors (Lipinski definition) is 3. The first-order valence-electron chi connectivity index (χ1n) is 13.9. The van der Waals surface area contributed by atoms with E-state index in [0.717, 1.165) is 51.4 Å². The standard InChI is InChI=1S/C30H48O3/c1-19-20(32)8-9-21-27(19,5)11-10-22-28(21,6)13-15-30(18-31)23-16-25(2,3)24(33)17-26(23,4)12-14-29(22,30)7/h19,21-23,31H,8-18H2,1-7H3/t19-,21+,22-,23+,26-,27+,28-,29+,30+/m0/s1. The lowest BCUT2D eigenvalue weighted by atomic mass is 9.30. The van der Waals surface area contributed by atoms with Crippen molar-refractivity contribution in [2.45, 2.75) is 113 Å². The van der Waals surface area contributed by atoms with E-state index >= 15 is 0 Å². The van der Waals surface area contributed by atoms with Crippen LogP contribution < -0.4 is 0 Å². The van der Waals surface area contributed by atoms with Gasteiger partial charge in [-0.2, -0.15) is 0 Å². The predicted molar refractivity (Wildman–Crippen MR) is 132 cm³/mol. The Morgan fingerprint density at radius 3 is 2.18 bits per heavy atom. The van der Waals surface area contributed by atoms with Crippen LogP contribution in [0.25, 0.3) is 0 Å². The van der Waals surface area contributed by atoms with E-state index in [1.54, 1.807) is 0 Å². The van der Waals surface area contributed by atoms with Gasteiger partial charge < -0.3 is 5.11 Å². The molecule has 0 aromatic heterocycles. The minimum atomic E-state index is -0.282. The molecular formula is C30H48O3. The molecule has 0 aliphatic heterocycles. The number of carbonyl (C=O) groups excluding carboxylic acids is 2. The highest BCUT2D eigenvalue weighted by molar-refractivity contribution is 5.85. The van der Waals surface area contributed by atoms with Crippen molar-refractivity contribution in [1.82, 2.24) is 0 Å². The summed E-state index contributed by atoms with van der Waals surface area (Å²) in [6, 6.07) is 0. The largest absolute Gasteiger partial charge is 0.396 e. The zero-order chi connectivity index (χ0) is 24.2. The summed E-state index contributed by atoms with van der Waals surface area (Å²) in [4.78, 5) is 25.8. The van der Waals surface area contributed by atoms with E-state index in [9.17, 15) is 14.7 Å². The van der Waals surface area contributed by atoms with E-state index in [4.69, 9.17) is 0 Å². The zero-order valence-electron chi connectivity index (χ0n) is 22.4. The summed E-state index contributed by atoms with van der Waals surface area (Å²) in [5.41, 5.74) is 0.113. The zero-order valence-corrected chi connectivity index (χ0v) is 22.4. The van der Waals surface area contributed by atoms with Crippen LogP contribution in [0.3, 0.4) is 0 Å². The first kappa shape index (κ1) is 24.0. The topological polar surface area (TPSA) is 54.4 Å². The van der Waals surface area contributed by atoms with E-state index in [-0.39, 0.29) is 45.0 Å². The van der Waals surface area contributed by atoms with Gasteiger partial charge in [-0.1, -0.05) is 48.5 Å². The highest BCUT2D eigenvalue weighted by Crippen LogP contribution is 2.78. The van der Waals surface area contributed by atoms with E-state index in [1.807, 2.05) is 0 Å². The fourth-order valence-corrected chi connectivity index (χ4v) is 11.2. The molecule has 0 aromatic carbocycles. The molecule has 0 heterocycles. The van der Waals surface area contributed by atoms with Crippen molar-refractivity contribution >= 4 is 11.6 Å². The Balaban J connectivity index is 1.58. The Bertz CT molecular complexity index is 876. The smallest absolute Gasteiger partial charge is 0.139 e. The Kier molecular flexibility index (Phi) is 5.06. The van der Waals surface area contributed by atoms with Crippen molar-refractivity contribution in [2.24, 2.45) is 56.2 Å². The fraction of sp³-hybridized carbons (Fsp3) is 0.933. The lowest BCUT2D eigenvalue weighted by Crippen LogP contribution is -2.70. The molecule has 5 saturated carbocycles. The molecule has 0 unspecified atom stereocenters. The molecule has 5 rings (SSSR count). The van der Waals surface area contributed by atoms with Crippen LogP contribution in [0.15, 0.2) is 0 Å². The molecule has 5 fully saturated rings. The van der Waals surface area contributed by atoms with Crippen LogP contribution in [0.4, 0.5) is 0 Å². The van der Waals surface area contributed by atoms with E-state index in [1.165, 1.54) is 6.42 Å². The van der Waals surface area contributed by atoms with Crippen LogP contribution in [0, 0.1) is 56.2 Å². The van der Waals surface area contributed by atoms with Gasteiger partial charge in [0.1, 0.15) is 11.6 Å². The van der Waals surface area contributed by atoms with E-state index in [2.05, 4.69) is 48.5 Å². The molecule has 0 aromatic rings. The molecule has 5 aliphatic carbocycles. The molecule has 9 atom stereocenters. The van der Waals surface area contributed by atoms with Crippen LogP contribution in [0.1, 0.15) is 113 Å². The number of rotatable bonds is 1. The minimum Gasteiger partial charge on any atom is -0.396 e. The Labute approximate surface area is 201 Å². The quantitative estimate of drug-likeness (QED) is 0.483. The third-order valence-electron chi connectivity index (χ3n) is 13.6. The van der Waals surface area contributed by atoms with E-state index < -0.39 is 0 Å². The Morgan fingerprint density at radius 2 is 1.52 bits per heavy atom. The second-order valence-electron chi connectivity index (χ2n) is 15.0. The molecule has 33 heavy (non-hydrogen) atoms. The molecular weight excluding hydrogens is 408 g/mol. The lowest BCUT2D eigenvalue weighted by molar-refractivity contribution is -0.269. The molecule has 186 valence electrons. The molecule has 0 amide bonds. The molecule has 3 heteroatoms. The maximum absolute atomic E-state index is 13.0. The Morgan fingerprint density at radius 1 is 0.818 bits per heavy atom.